The maximum Gasteiger partial charge on any atom is 0.153 e. The number of aromatic nitrogens is 2. The van der Waals surface area contributed by atoms with Crippen LogP contribution in [0.5, 0.6) is 5.75 Å². The maximum absolute atomic E-state index is 9.36. The minimum absolute atomic E-state index is 0.263. The molecule has 4 heteroatoms. The summed E-state index contributed by atoms with van der Waals surface area (Å²) >= 11 is 0. The zero-order valence-corrected chi connectivity index (χ0v) is 9.96. The number of nitrogens with zero attached hydrogens (tertiary/aromatic N) is 2. The molecule has 0 spiro atoms. The largest absolute Gasteiger partial charge is 0.508 e. The van der Waals surface area contributed by atoms with E-state index in [-0.39, 0.29) is 5.75 Å². The molecule has 2 aromatic heterocycles. The molecule has 0 atom stereocenters. The smallest absolute Gasteiger partial charge is 0.153 e. The van der Waals surface area contributed by atoms with Gasteiger partial charge in [0.25, 0.3) is 0 Å². The van der Waals surface area contributed by atoms with Crippen LogP contribution in [-0.2, 0) is 0 Å². The third kappa shape index (κ3) is 1.59. The monoisotopic (exact) mass is 239 g/mol. The Kier molecular flexibility index (Phi) is 2.41. The zero-order chi connectivity index (χ0) is 12.5. The van der Waals surface area contributed by atoms with Crippen molar-refractivity contribution < 1.29 is 5.11 Å². The van der Waals surface area contributed by atoms with Gasteiger partial charge in [-0.15, -0.1) is 0 Å². The number of hydrogen-bond donors (Lipinski definition) is 2. The predicted octanol–water partition coefficient (Wildman–Crippen LogP) is 2.75. The summed E-state index contributed by atoms with van der Waals surface area (Å²) in [5, 5.41) is 12.5. The van der Waals surface area contributed by atoms with Crippen LogP contribution in [0.4, 0.5) is 5.82 Å². The van der Waals surface area contributed by atoms with E-state index < -0.39 is 0 Å². The first-order valence-electron chi connectivity index (χ1n) is 5.74. The molecule has 90 valence electrons. The van der Waals surface area contributed by atoms with Crippen molar-refractivity contribution in [3.8, 4) is 17.0 Å². The third-order valence-electron chi connectivity index (χ3n) is 2.91. The molecule has 0 aliphatic heterocycles. The fourth-order valence-corrected chi connectivity index (χ4v) is 2.07. The van der Waals surface area contributed by atoms with Crippen LogP contribution < -0.4 is 5.32 Å². The van der Waals surface area contributed by atoms with E-state index in [9.17, 15) is 5.11 Å². The number of anilines is 1. The van der Waals surface area contributed by atoms with E-state index in [1.165, 1.54) is 0 Å². The predicted molar refractivity (Wildman–Crippen MR) is 71.8 cm³/mol. The molecule has 1 aromatic carbocycles. The highest BCUT2D eigenvalue weighted by atomic mass is 16.3. The second kappa shape index (κ2) is 4.07. The van der Waals surface area contributed by atoms with Gasteiger partial charge in [0.2, 0.25) is 0 Å². The van der Waals surface area contributed by atoms with Gasteiger partial charge in [0.05, 0.1) is 5.69 Å². The molecule has 0 saturated carbocycles. The average molecular weight is 239 g/mol. The molecule has 3 rings (SSSR count). The van der Waals surface area contributed by atoms with Crippen molar-refractivity contribution in [2.75, 3.05) is 12.4 Å². The first kappa shape index (κ1) is 10.7. The Labute approximate surface area is 105 Å². The van der Waals surface area contributed by atoms with Gasteiger partial charge in [-0.2, -0.15) is 0 Å². The van der Waals surface area contributed by atoms with Crippen molar-refractivity contribution in [2.45, 2.75) is 0 Å². The number of benzene rings is 1. The summed E-state index contributed by atoms with van der Waals surface area (Å²) in [7, 11) is 1.85. The summed E-state index contributed by atoms with van der Waals surface area (Å²) < 4.78 is 2.03. The summed E-state index contributed by atoms with van der Waals surface area (Å²) in [6.45, 7) is 0. The summed E-state index contributed by atoms with van der Waals surface area (Å²) in [5.41, 5.74) is 2.90. The molecule has 0 aliphatic rings. The molecule has 18 heavy (non-hydrogen) atoms. The molecular formula is C14H13N3O. The normalized spacial score (nSPS) is 10.7. The Morgan fingerprint density at radius 1 is 1.11 bits per heavy atom. The number of aromatic hydroxyl groups is 1. The first-order chi connectivity index (χ1) is 8.79. The van der Waals surface area contributed by atoms with E-state index >= 15 is 0 Å². The summed E-state index contributed by atoms with van der Waals surface area (Å²) in [6.07, 6.45) is 1.98. The average Bonchev–Trinajstić information content (AvgIpc) is 2.78. The number of nitrogens with one attached hydrogen (secondary N) is 1. The lowest BCUT2D eigenvalue weighted by Crippen LogP contribution is -1.92. The number of imidazole rings is 1. The number of phenols is 1. The molecule has 0 bridgehead atoms. The summed E-state index contributed by atoms with van der Waals surface area (Å²) in [5.74, 6) is 1.09. The SMILES string of the molecule is CNc1nc2ccccn2c1-c1ccc(O)cc1. The molecule has 0 fully saturated rings. The fourth-order valence-electron chi connectivity index (χ4n) is 2.07. The third-order valence-corrected chi connectivity index (χ3v) is 2.91. The van der Waals surface area contributed by atoms with Gasteiger partial charge in [0.1, 0.15) is 11.4 Å². The van der Waals surface area contributed by atoms with Gasteiger partial charge in [-0.25, -0.2) is 4.98 Å². The van der Waals surface area contributed by atoms with Crippen molar-refractivity contribution in [1.82, 2.24) is 9.38 Å². The number of rotatable bonds is 2. The second-order valence-electron chi connectivity index (χ2n) is 4.03. The van der Waals surface area contributed by atoms with Crippen molar-refractivity contribution in [1.29, 1.82) is 0 Å². The van der Waals surface area contributed by atoms with Gasteiger partial charge in [-0.3, -0.25) is 4.40 Å². The summed E-state index contributed by atoms with van der Waals surface area (Å²) in [6, 6.07) is 13.0. The molecule has 3 aromatic rings. The molecule has 0 radical (unpaired) electrons. The molecule has 2 N–H and O–H groups in total. The van der Waals surface area contributed by atoms with Crippen LogP contribution in [0.25, 0.3) is 16.9 Å². The molecule has 0 saturated heterocycles. The summed E-state index contributed by atoms with van der Waals surface area (Å²) in [4.78, 5) is 4.52. The Balaban J connectivity index is 2.29. The lowest BCUT2D eigenvalue weighted by molar-refractivity contribution is 0.475. The van der Waals surface area contributed by atoms with Gasteiger partial charge in [0.15, 0.2) is 5.82 Å². The fraction of sp³-hybridized carbons (Fsp3) is 0.0714. The highest BCUT2D eigenvalue weighted by molar-refractivity contribution is 5.76. The van der Waals surface area contributed by atoms with Gasteiger partial charge >= 0.3 is 0 Å². The molecular weight excluding hydrogens is 226 g/mol. The van der Waals surface area contributed by atoms with Crippen LogP contribution in [0.15, 0.2) is 48.7 Å². The van der Waals surface area contributed by atoms with Crippen molar-refractivity contribution in [3.63, 3.8) is 0 Å². The first-order valence-corrected chi connectivity index (χ1v) is 5.74. The second-order valence-corrected chi connectivity index (χ2v) is 4.03. The maximum atomic E-state index is 9.36. The van der Waals surface area contributed by atoms with Crippen molar-refractivity contribution in [3.05, 3.63) is 48.7 Å². The molecule has 0 amide bonds. The molecule has 2 heterocycles. The molecule has 4 nitrogen and oxygen atoms in total. The van der Waals surface area contributed by atoms with Crippen LogP contribution in [0, 0.1) is 0 Å². The number of pyridine rings is 1. The number of fused-ring (bicyclic) bond motifs is 1. The zero-order valence-electron chi connectivity index (χ0n) is 9.96. The lowest BCUT2D eigenvalue weighted by atomic mass is 10.1. The van der Waals surface area contributed by atoms with Gasteiger partial charge in [-0.1, -0.05) is 6.07 Å². The number of phenolic OH excluding ortho intramolecular Hbond substituents is 1. The van der Waals surface area contributed by atoms with Gasteiger partial charge < -0.3 is 10.4 Å². The Hall–Kier alpha value is -2.49. The molecule has 0 unspecified atom stereocenters. The van der Waals surface area contributed by atoms with Gasteiger partial charge in [-0.05, 0) is 36.4 Å². The van der Waals surface area contributed by atoms with Gasteiger partial charge in [0, 0.05) is 18.8 Å². The van der Waals surface area contributed by atoms with E-state index in [1.807, 2.05) is 48.0 Å². The topological polar surface area (TPSA) is 49.6 Å². The van der Waals surface area contributed by atoms with Crippen LogP contribution in [-0.4, -0.2) is 21.5 Å². The van der Waals surface area contributed by atoms with E-state index in [0.717, 1.165) is 22.7 Å². The highest BCUT2D eigenvalue weighted by Crippen LogP contribution is 2.29. The Bertz CT molecular complexity index is 686. The Morgan fingerprint density at radius 3 is 2.61 bits per heavy atom. The highest BCUT2D eigenvalue weighted by Gasteiger charge is 2.12. The number of hydrogen-bond acceptors (Lipinski definition) is 3. The van der Waals surface area contributed by atoms with E-state index in [1.54, 1.807) is 12.1 Å². The Morgan fingerprint density at radius 2 is 1.89 bits per heavy atom. The minimum Gasteiger partial charge on any atom is -0.508 e. The van der Waals surface area contributed by atoms with E-state index in [4.69, 9.17) is 0 Å². The van der Waals surface area contributed by atoms with Crippen molar-refractivity contribution >= 4 is 11.5 Å². The van der Waals surface area contributed by atoms with Crippen LogP contribution in [0.2, 0.25) is 0 Å². The minimum atomic E-state index is 0.263. The lowest BCUT2D eigenvalue weighted by Gasteiger charge is -2.04. The van der Waals surface area contributed by atoms with Crippen LogP contribution in [0.1, 0.15) is 0 Å². The van der Waals surface area contributed by atoms with E-state index in [0.29, 0.717) is 0 Å². The standard InChI is InChI=1S/C14H13N3O/c1-15-14-13(10-5-7-11(18)8-6-10)17-9-3-2-4-12(17)16-14/h2-9,15,18H,1H3. The van der Waals surface area contributed by atoms with Crippen molar-refractivity contribution in [2.24, 2.45) is 0 Å². The van der Waals surface area contributed by atoms with E-state index in [2.05, 4.69) is 10.3 Å². The van der Waals surface area contributed by atoms with Crippen LogP contribution in [0.3, 0.4) is 0 Å². The van der Waals surface area contributed by atoms with Crippen LogP contribution >= 0.6 is 0 Å². The quantitative estimate of drug-likeness (QED) is 0.723. The molecule has 0 aliphatic carbocycles.